The van der Waals surface area contributed by atoms with Gasteiger partial charge in [-0.05, 0) is 31.7 Å². The van der Waals surface area contributed by atoms with Crippen molar-refractivity contribution >= 4 is 17.3 Å². The van der Waals surface area contributed by atoms with Gasteiger partial charge in [0.2, 0.25) is 5.91 Å². The highest BCUT2D eigenvalue weighted by Gasteiger charge is 2.41. The maximum atomic E-state index is 12.2. The Kier molecular flexibility index (Phi) is 4.65. The number of hydrogen-bond donors (Lipinski definition) is 2. The molecular weight excluding hydrogens is 284 g/mol. The van der Waals surface area contributed by atoms with Gasteiger partial charge in [0.15, 0.2) is 0 Å². The van der Waals surface area contributed by atoms with Gasteiger partial charge in [-0.3, -0.25) is 14.9 Å². The van der Waals surface area contributed by atoms with Crippen LogP contribution in [0.2, 0.25) is 0 Å². The van der Waals surface area contributed by atoms with Crippen LogP contribution < -0.4 is 16.0 Å². The molecule has 1 fully saturated rings. The van der Waals surface area contributed by atoms with Gasteiger partial charge in [0.05, 0.1) is 17.0 Å². The molecule has 3 N–H and O–H groups in total. The minimum Gasteiger partial charge on any atom is -0.360 e. The topological polar surface area (TPSA) is 102 Å². The zero-order valence-electron chi connectivity index (χ0n) is 12.9. The van der Waals surface area contributed by atoms with Crippen molar-refractivity contribution in [3.63, 3.8) is 0 Å². The van der Waals surface area contributed by atoms with Crippen LogP contribution in [0.3, 0.4) is 0 Å². The van der Waals surface area contributed by atoms with Gasteiger partial charge >= 0.3 is 0 Å². The van der Waals surface area contributed by atoms with E-state index in [1.807, 2.05) is 6.92 Å². The Hall–Kier alpha value is -2.15. The summed E-state index contributed by atoms with van der Waals surface area (Å²) in [5.74, 6) is 0.248. The number of carbonyl (C=O) groups excluding carboxylic acids is 1. The van der Waals surface area contributed by atoms with Gasteiger partial charge in [-0.25, -0.2) is 0 Å². The highest BCUT2D eigenvalue weighted by molar-refractivity contribution is 5.83. The molecule has 1 saturated carbocycles. The summed E-state index contributed by atoms with van der Waals surface area (Å²) in [7, 11) is 1.67. The van der Waals surface area contributed by atoms with E-state index in [9.17, 15) is 14.9 Å². The Labute approximate surface area is 129 Å². The third kappa shape index (κ3) is 3.54. The number of benzene rings is 1. The Bertz CT molecular complexity index is 574. The Morgan fingerprint density at radius 1 is 1.50 bits per heavy atom. The molecule has 1 unspecified atom stereocenters. The summed E-state index contributed by atoms with van der Waals surface area (Å²) in [6, 6.07) is 6.38. The molecule has 1 aliphatic rings. The summed E-state index contributed by atoms with van der Waals surface area (Å²) in [5.41, 5.74) is 5.80. The molecule has 0 heterocycles. The minimum atomic E-state index is -0.446. The molecule has 22 heavy (non-hydrogen) atoms. The molecule has 0 radical (unpaired) electrons. The first kappa shape index (κ1) is 16.2. The van der Waals surface area contributed by atoms with E-state index in [4.69, 9.17) is 5.73 Å². The molecule has 0 saturated heterocycles. The van der Waals surface area contributed by atoms with Crippen molar-refractivity contribution in [1.82, 2.24) is 5.32 Å². The number of anilines is 1. The lowest BCUT2D eigenvalue weighted by Gasteiger charge is -2.30. The van der Waals surface area contributed by atoms with Gasteiger partial charge in [0, 0.05) is 19.7 Å². The molecule has 0 aliphatic heterocycles. The van der Waals surface area contributed by atoms with E-state index in [0.29, 0.717) is 18.2 Å². The minimum absolute atomic E-state index is 0.0124. The molecular formula is C15H22N4O3. The molecule has 0 spiro atoms. The fraction of sp³-hybridized carbons (Fsp3) is 0.533. The molecule has 1 aromatic rings. The van der Waals surface area contributed by atoms with Crippen molar-refractivity contribution in [2.45, 2.75) is 25.3 Å². The SMILES string of the molecule is CN(CC(=O)NC(C)(CN)C1CC1)c1ccccc1[N+](=O)[O-]. The van der Waals surface area contributed by atoms with Crippen LogP contribution in [0, 0.1) is 16.0 Å². The number of nitrogens with two attached hydrogens (primary N) is 1. The predicted octanol–water partition coefficient (Wildman–Crippen LogP) is 1.27. The van der Waals surface area contributed by atoms with Crippen molar-refractivity contribution in [3.8, 4) is 0 Å². The van der Waals surface area contributed by atoms with Gasteiger partial charge in [-0.1, -0.05) is 12.1 Å². The van der Waals surface area contributed by atoms with E-state index in [1.165, 1.54) is 6.07 Å². The number of nitro groups is 1. The van der Waals surface area contributed by atoms with E-state index in [0.717, 1.165) is 12.8 Å². The van der Waals surface area contributed by atoms with Crippen molar-refractivity contribution in [2.75, 3.05) is 25.0 Å². The summed E-state index contributed by atoms with van der Waals surface area (Å²) >= 11 is 0. The molecule has 0 aromatic heterocycles. The Morgan fingerprint density at radius 3 is 2.68 bits per heavy atom. The van der Waals surface area contributed by atoms with Crippen LogP contribution in [-0.4, -0.2) is 36.5 Å². The number of nitrogens with one attached hydrogen (secondary N) is 1. The van der Waals surface area contributed by atoms with Crippen molar-refractivity contribution in [2.24, 2.45) is 11.7 Å². The second kappa shape index (κ2) is 6.31. The van der Waals surface area contributed by atoms with Gasteiger partial charge in [0.1, 0.15) is 5.69 Å². The lowest BCUT2D eigenvalue weighted by molar-refractivity contribution is -0.384. The third-order valence-corrected chi connectivity index (χ3v) is 4.20. The second-order valence-electron chi connectivity index (χ2n) is 6.05. The Morgan fingerprint density at radius 2 is 2.14 bits per heavy atom. The maximum Gasteiger partial charge on any atom is 0.292 e. The van der Waals surface area contributed by atoms with E-state index in [2.05, 4.69) is 5.32 Å². The molecule has 0 bridgehead atoms. The highest BCUT2D eigenvalue weighted by Crippen LogP contribution is 2.39. The van der Waals surface area contributed by atoms with Crippen molar-refractivity contribution in [3.05, 3.63) is 34.4 Å². The third-order valence-electron chi connectivity index (χ3n) is 4.20. The van der Waals surface area contributed by atoms with E-state index < -0.39 is 4.92 Å². The summed E-state index contributed by atoms with van der Waals surface area (Å²) in [4.78, 5) is 24.4. The lowest BCUT2D eigenvalue weighted by Crippen LogP contribution is -2.55. The summed E-state index contributed by atoms with van der Waals surface area (Å²) in [5, 5.41) is 14.0. The number of nitro benzene ring substituents is 1. The standard InChI is InChI=1S/C15H22N4O3/c1-15(10-16,11-7-8-11)17-14(20)9-18(2)12-5-3-4-6-13(12)19(21)22/h3-6,11H,7-10,16H2,1-2H3,(H,17,20). The molecule has 1 aromatic carbocycles. The first-order chi connectivity index (χ1) is 10.4. The molecule has 1 aliphatic carbocycles. The van der Waals surface area contributed by atoms with Crippen LogP contribution in [0.4, 0.5) is 11.4 Å². The second-order valence-corrected chi connectivity index (χ2v) is 6.05. The highest BCUT2D eigenvalue weighted by atomic mass is 16.6. The smallest absolute Gasteiger partial charge is 0.292 e. The number of hydrogen-bond acceptors (Lipinski definition) is 5. The zero-order chi connectivity index (χ0) is 16.3. The summed E-state index contributed by atoms with van der Waals surface area (Å²) < 4.78 is 0. The number of likely N-dealkylation sites (N-methyl/N-ethyl adjacent to an activating group) is 1. The first-order valence-electron chi connectivity index (χ1n) is 7.33. The van der Waals surface area contributed by atoms with Gasteiger partial charge < -0.3 is 16.0 Å². The fourth-order valence-electron chi connectivity index (χ4n) is 2.64. The zero-order valence-corrected chi connectivity index (χ0v) is 12.9. The van der Waals surface area contributed by atoms with Crippen molar-refractivity contribution in [1.29, 1.82) is 0 Å². The molecule has 2 rings (SSSR count). The van der Waals surface area contributed by atoms with Crippen LogP contribution in [0.1, 0.15) is 19.8 Å². The number of rotatable bonds is 7. The van der Waals surface area contributed by atoms with Crippen LogP contribution in [-0.2, 0) is 4.79 Å². The van der Waals surface area contributed by atoms with Crippen molar-refractivity contribution < 1.29 is 9.72 Å². The summed E-state index contributed by atoms with van der Waals surface area (Å²) in [6.07, 6.45) is 2.15. The van der Waals surface area contributed by atoms with Crippen LogP contribution in [0.25, 0.3) is 0 Å². The fourth-order valence-corrected chi connectivity index (χ4v) is 2.64. The van der Waals surface area contributed by atoms with Crippen LogP contribution in [0.15, 0.2) is 24.3 Å². The molecule has 1 atom stereocenters. The molecule has 1 amide bonds. The average Bonchev–Trinajstić information content (AvgIpc) is 3.31. The first-order valence-corrected chi connectivity index (χ1v) is 7.33. The van der Waals surface area contributed by atoms with Gasteiger partial charge in [-0.15, -0.1) is 0 Å². The molecule has 7 nitrogen and oxygen atoms in total. The van der Waals surface area contributed by atoms with Gasteiger partial charge in [0.25, 0.3) is 5.69 Å². The quantitative estimate of drug-likeness (QED) is 0.583. The van der Waals surface area contributed by atoms with E-state index >= 15 is 0 Å². The monoisotopic (exact) mass is 306 g/mol. The average molecular weight is 306 g/mol. The molecule has 120 valence electrons. The van der Waals surface area contributed by atoms with E-state index in [1.54, 1.807) is 30.1 Å². The largest absolute Gasteiger partial charge is 0.360 e. The van der Waals surface area contributed by atoms with Crippen LogP contribution in [0.5, 0.6) is 0 Å². The normalized spacial score (nSPS) is 16.7. The summed E-state index contributed by atoms with van der Waals surface area (Å²) in [6.45, 7) is 2.39. The predicted molar refractivity (Wildman–Crippen MR) is 84.7 cm³/mol. The number of para-hydroxylation sites is 2. The maximum absolute atomic E-state index is 12.2. The lowest BCUT2D eigenvalue weighted by atomic mass is 9.96. The number of nitrogens with zero attached hydrogens (tertiary/aromatic N) is 2. The number of carbonyl (C=O) groups is 1. The van der Waals surface area contributed by atoms with E-state index in [-0.39, 0.29) is 23.7 Å². The molecule has 7 heteroatoms. The van der Waals surface area contributed by atoms with Gasteiger partial charge in [-0.2, -0.15) is 0 Å². The van der Waals surface area contributed by atoms with Crippen LogP contribution >= 0.6 is 0 Å². The number of amides is 1. The Balaban J connectivity index is 2.04.